The van der Waals surface area contributed by atoms with Crippen LogP contribution in [-0.2, 0) is 21.4 Å². The van der Waals surface area contributed by atoms with E-state index < -0.39 is 36.8 Å². The number of aryl methyl sites for hydroxylation is 2. The summed E-state index contributed by atoms with van der Waals surface area (Å²) in [6.07, 6.45) is 0. The van der Waals surface area contributed by atoms with E-state index in [-0.39, 0.29) is 5.56 Å². The Balaban J connectivity index is 1.78. The molecule has 0 aliphatic rings. The minimum absolute atomic E-state index is 0.0815. The van der Waals surface area contributed by atoms with Gasteiger partial charge in [0.05, 0.1) is 17.1 Å². The monoisotopic (exact) mass is 362 g/mol. The van der Waals surface area contributed by atoms with Crippen LogP contribution < -0.4 is 10.6 Å². The van der Waals surface area contributed by atoms with Crippen LogP contribution in [0.3, 0.4) is 0 Å². The number of nitrogens with one attached hydrogen (secondary N) is 2. The molecule has 0 saturated heterocycles. The number of nitrogens with zero attached hydrogens (tertiary/aromatic N) is 2. The lowest BCUT2D eigenvalue weighted by Gasteiger charge is -2.08. The minimum atomic E-state index is -0.787. The van der Waals surface area contributed by atoms with E-state index in [0.717, 1.165) is 11.8 Å². The van der Waals surface area contributed by atoms with Gasteiger partial charge >= 0.3 is 5.97 Å². The molecular weight excluding hydrogens is 343 g/mol. The van der Waals surface area contributed by atoms with Gasteiger partial charge in [-0.25, -0.2) is 4.39 Å². The summed E-state index contributed by atoms with van der Waals surface area (Å²) in [5.41, 5.74) is 2.06. The molecule has 8 nitrogen and oxygen atoms in total. The van der Waals surface area contributed by atoms with Crippen molar-refractivity contribution in [2.75, 3.05) is 18.5 Å². The van der Waals surface area contributed by atoms with Gasteiger partial charge in [0.2, 0.25) is 0 Å². The van der Waals surface area contributed by atoms with Gasteiger partial charge in [0.1, 0.15) is 12.4 Å². The van der Waals surface area contributed by atoms with Crippen molar-refractivity contribution < 1.29 is 23.5 Å². The number of hydrogen-bond donors (Lipinski definition) is 2. The summed E-state index contributed by atoms with van der Waals surface area (Å²) < 4.78 is 19.5. The predicted octanol–water partition coefficient (Wildman–Crippen LogP) is 1.09. The maximum Gasteiger partial charge on any atom is 0.325 e. The minimum Gasteiger partial charge on any atom is -0.454 e. The number of benzene rings is 1. The second-order valence-electron chi connectivity index (χ2n) is 5.57. The number of rotatable bonds is 6. The summed E-state index contributed by atoms with van der Waals surface area (Å²) in [4.78, 5) is 35.3. The third-order valence-electron chi connectivity index (χ3n) is 3.62. The molecule has 0 atom stereocenters. The van der Waals surface area contributed by atoms with Crippen molar-refractivity contribution >= 4 is 23.5 Å². The van der Waals surface area contributed by atoms with Gasteiger partial charge in [0, 0.05) is 12.6 Å². The van der Waals surface area contributed by atoms with Gasteiger partial charge in [-0.05, 0) is 32.0 Å². The van der Waals surface area contributed by atoms with Gasteiger partial charge in [-0.2, -0.15) is 5.10 Å². The third kappa shape index (κ3) is 4.88. The second kappa shape index (κ2) is 8.24. The van der Waals surface area contributed by atoms with E-state index in [4.69, 9.17) is 4.74 Å². The van der Waals surface area contributed by atoms with E-state index >= 15 is 0 Å². The Morgan fingerprint density at radius 2 is 2.00 bits per heavy atom. The Morgan fingerprint density at radius 1 is 1.27 bits per heavy atom. The number of anilines is 1. The molecule has 0 bridgehead atoms. The molecule has 0 aliphatic carbocycles. The standard InChI is InChI=1S/C17H19FN4O4/c1-10-16(11(2)22(3)21-10)20-14(23)9-26-15(24)8-19-17(25)12-5-4-6-13(18)7-12/h4-7H,8-9H2,1-3H3,(H,19,25)(H,20,23). The molecule has 2 amide bonds. The molecule has 138 valence electrons. The van der Waals surface area contributed by atoms with Crippen molar-refractivity contribution in [3.63, 3.8) is 0 Å². The molecule has 1 aromatic heterocycles. The van der Waals surface area contributed by atoms with Gasteiger partial charge in [-0.3, -0.25) is 19.1 Å². The van der Waals surface area contributed by atoms with E-state index in [1.54, 1.807) is 25.6 Å². The molecule has 0 spiro atoms. The molecule has 0 aliphatic heterocycles. The lowest BCUT2D eigenvalue weighted by atomic mass is 10.2. The molecule has 0 unspecified atom stereocenters. The van der Waals surface area contributed by atoms with Crippen LogP contribution in [0.2, 0.25) is 0 Å². The van der Waals surface area contributed by atoms with Crippen molar-refractivity contribution in [1.82, 2.24) is 15.1 Å². The van der Waals surface area contributed by atoms with E-state index in [1.165, 1.54) is 18.2 Å². The molecule has 2 aromatic rings. The quantitative estimate of drug-likeness (QED) is 0.749. The zero-order chi connectivity index (χ0) is 19.3. The number of carbonyl (C=O) groups excluding carboxylic acids is 3. The van der Waals surface area contributed by atoms with Crippen LogP contribution in [0, 0.1) is 19.7 Å². The molecule has 2 rings (SSSR count). The van der Waals surface area contributed by atoms with E-state index in [0.29, 0.717) is 11.4 Å². The summed E-state index contributed by atoms with van der Waals surface area (Å²) >= 11 is 0. The van der Waals surface area contributed by atoms with Crippen molar-refractivity contribution in [3.05, 3.63) is 47.0 Å². The van der Waals surface area contributed by atoms with Crippen molar-refractivity contribution in [3.8, 4) is 0 Å². The first kappa shape index (κ1) is 19.1. The third-order valence-corrected chi connectivity index (χ3v) is 3.62. The summed E-state index contributed by atoms with van der Waals surface area (Å²) in [6.45, 7) is 2.61. The van der Waals surface area contributed by atoms with Crippen LogP contribution in [0.1, 0.15) is 21.7 Å². The SMILES string of the molecule is Cc1nn(C)c(C)c1NC(=O)COC(=O)CNC(=O)c1cccc(F)c1. The molecule has 0 saturated carbocycles. The summed E-state index contributed by atoms with van der Waals surface area (Å²) in [7, 11) is 1.75. The number of ether oxygens (including phenoxy) is 1. The number of hydrogen-bond acceptors (Lipinski definition) is 5. The van der Waals surface area contributed by atoms with Crippen molar-refractivity contribution in [2.45, 2.75) is 13.8 Å². The average Bonchev–Trinajstić information content (AvgIpc) is 2.84. The molecule has 9 heteroatoms. The van der Waals surface area contributed by atoms with Crippen molar-refractivity contribution in [2.24, 2.45) is 7.05 Å². The first-order valence-electron chi connectivity index (χ1n) is 7.77. The Labute approximate surface area is 149 Å². The number of halogens is 1. The molecule has 1 heterocycles. The highest BCUT2D eigenvalue weighted by atomic mass is 19.1. The molecule has 2 N–H and O–H groups in total. The first-order valence-corrected chi connectivity index (χ1v) is 7.77. The molecule has 0 radical (unpaired) electrons. The summed E-state index contributed by atoms with van der Waals surface area (Å²) in [5, 5.41) is 9.08. The van der Waals surface area contributed by atoms with Gasteiger partial charge in [0.15, 0.2) is 6.61 Å². The average molecular weight is 362 g/mol. The number of esters is 1. The van der Waals surface area contributed by atoms with Crippen LogP contribution in [0.25, 0.3) is 0 Å². The highest BCUT2D eigenvalue weighted by molar-refractivity contribution is 5.96. The van der Waals surface area contributed by atoms with Crippen LogP contribution in [-0.4, -0.2) is 40.7 Å². The summed E-state index contributed by atoms with van der Waals surface area (Å²) in [5.74, 6) is -2.48. The van der Waals surface area contributed by atoms with Crippen molar-refractivity contribution in [1.29, 1.82) is 0 Å². The van der Waals surface area contributed by atoms with E-state index in [1.807, 2.05) is 0 Å². The van der Waals surface area contributed by atoms with Gasteiger partial charge in [-0.1, -0.05) is 6.07 Å². The number of aromatic nitrogens is 2. The fourth-order valence-electron chi connectivity index (χ4n) is 2.21. The summed E-state index contributed by atoms with van der Waals surface area (Å²) in [6, 6.07) is 5.05. The normalized spacial score (nSPS) is 10.3. The fraction of sp³-hybridized carbons (Fsp3) is 0.294. The van der Waals surface area contributed by atoms with Crippen LogP contribution in [0.4, 0.5) is 10.1 Å². The van der Waals surface area contributed by atoms with E-state index in [9.17, 15) is 18.8 Å². The largest absolute Gasteiger partial charge is 0.454 e. The molecule has 0 fully saturated rings. The van der Waals surface area contributed by atoms with Gasteiger partial charge in [0.25, 0.3) is 11.8 Å². The smallest absolute Gasteiger partial charge is 0.325 e. The lowest BCUT2D eigenvalue weighted by Crippen LogP contribution is -2.32. The molecule has 26 heavy (non-hydrogen) atoms. The lowest BCUT2D eigenvalue weighted by molar-refractivity contribution is -0.146. The van der Waals surface area contributed by atoms with Crippen LogP contribution in [0.5, 0.6) is 0 Å². The maximum absolute atomic E-state index is 13.1. The maximum atomic E-state index is 13.1. The first-order chi connectivity index (χ1) is 12.3. The Bertz CT molecular complexity index is 847. The van der Waals surface area contributed by atoms with Gasteiger partial charge < -0.3 is 15.4 Å². The zero-order valence-electron chi connectivity index (χ0n) is 14.6. The zero-order valence-corrected chi connectivity index (χ0v) is 14.6. The highest BCUT2D eigenvalue weighted by Crippen LogP contribution is 2.17. The Hall–Kier alpha value is -3.23. The highest BCUT2D eigenvalue weighted by Gasteiger charge is 2.15. The van der Waals surface area contributed by atoms with E-state index in [2.05, 4.69) is 15.7 Å². The van der Waals surface area contributed by atoms with Crippen LogP contribution >= 0.6 is 0 Å². The molecule has 1 aromatic carbocycles. The topological polar surface area (TPSA) is 102 Å². The number of amides is 2. The van der Waals surface area contributed by atoms with Gasteiger partial charge in [-0.15, -0.1) is 0 Å². The predicted molar refractivity (Wildman–Crippen MR) is 91.0 cm³/mol. The second-order valence-corrected chi connectivity index (χ2v) is 5.57. The Kier molecular flexibility index (Phi) is 6.05. The molecular formula is C17H19FN4O4. The Morgan fingerprint density at radius 3 is 2.62 bits per heavy atom. The number of carbonyl (C=O) groups is 3. The van der Waals surface area contributed by atoms with Crippen LogP contribution in [0.15, 0.2) is 24.3 Å². The fourth-order valence-corrected chi connectivity index (χ4v) is 2.21.